The number of nitrogens with one attached hydrogen (secondary N) is 1. The van der Waals surface area contributed by atoms with Gasteiger partial charge in [-0.15, -0.1) is 0 Å². The van der Waals surface area contributed by atoms with Crippen molar-refractivity contribution in [1.29, 1.82) is 0 Å². The van der Waals surface area contributed by atoms with Gasteiger partial charge in [0.05, 0.1) is 6.04 Å². The quantitative estimate of drug-likeness (QED) is 0.798. The fraction of sp³-hybridized carbons (Fsp3) is 0.929. The summed E-state index contributed by atoms with van der Waals surface area (Å²) in [5.74, 6) is 1.92. The van der Waals surface area contributed by atoms with Crippen molar-refractivity contribution in [2.24, 2.45) is 11.8 Å². The largest absolute Gasteiger partial charge is 0.341 e. The molecular formula is C14H26N2O. The standard InChI is InChI=1S/C14H26N2O/c1-11(2)12-5-4-9-16(10-7-12)14(17)13-6-3-8-15-13/h11-13,15H,3-10H2,1-2H3. The normalized spacial score (nSPS) is 30.6. The Labute approximate surface area is 105 Å². The Balaban J connectivity index is 1.87. The first-order chi connectivity index (χ1) is 8.18. The lowest BCUT2D eigenvalue weighted by molar-refractivity contribution is -0.133. The molecule has 2 heterocycles. The van der Waals surface area contributed by atoms with Gasteiger partial charge in [0.1, 0.15) is 0 Å². The number of carbonyl (C=O) groups is 1. The Morgan fingerprint density at radius 3 is 2.65 bits per heavy atom. The van der Waals surface area contributed by atoms with E-state index in [-0.39, 0.29) is 6.04 Å². The molecular weight excluding hydrogens is 212 g/mol. The first-order valence-corrected chi connectivity index (χ1v) is 7.20. The average molecular weight is 238 g/mol. The van der Waals surface area contributed by atoms with Crippen molar-refractivity contribution in [2.45, 2.75) is 52.0 Å². The first-order valence-electron chi connectivity index (χ1n) is 7.20. The minimum absolute atomic E-state index is 0.116. The number of hydrogen-bond donors (Lipinski definition) is 1. The lowest BCUT2D eigenvalue weighted by atomic mass is 9.89. The minimum atomic E-state index is 0.116. The molecule has 0 aromatic rings. The molecule has 3 heteroatoms. The number of hydrogen-bond acceptors (Lipinski definition) is 2. The van der Waals surface area contributed by atoms with Crippen LogP contribution >= 0.6 is 0 Å². The third-order valence-electron chi connectivity index (χ3n) is 4.39. The highest BCUT2D eigenvalue weighted by Crippen LogP contribution is 2.25. The van der Waals surface area contributed by atoms with Gasteiger partial charge in [-0.1, -0.05) is 13.8 Å². The summed E-state index contributed by atoms with van der Waals surface area (Å²) < 4.78 is 0. The molecule has 2 unspecified atom stereocenters. The van der Waals surface area contributed by atoms with Gasteiger partial charge in [0.2, 0.25) is 5.91 Å². The average Bonchev–Trinajstić information content (AvgIpc) is 2.71. The fourth-order valence-electron chi connectivity index (χ4n) is 3.12. The van der Waals surface area contributed by atoms with Crippen LogP contribution in [0.2, 0.25) is 0 Å². The van der Waals surface area contributed by atoms with E-state index in [0.29, 0.717) is 5.91 Å². The summed E-state index contributed by atoms with van der Waals surface area (Å²) in [7, 11) is 0. The van der Waals surface area contributed by atoms with E-state index >= 15 is 0 Å². The zero-order valence-corrected chi connectivity index (χ0v) is 11.2. The second-order valence-electron chi connectivity index (χ2n) is 5.91. The molecule has 98 valence electrons. The number of carbonyl (C=O) groups excluding carboxylic acids is 1. The number of amides is 1. The summed E-state index contributed by atoms with van der Waals surface area (Å²) in [5.41, 5.74) is 0. The molecule has 0 aromatic heterocycles. The molecule has 17 heavy (non-hydrogen) atoms. The number of likely N-dealkylation sites (tertiary alicyclic amines) is 1. The number of nitrogens with zero attached hydrogens (tertiary/aromatic N) is 1. The van der Waals surface area contributed by atoms with Crippen LogP contribution in [0.15, 0.2) is 0 Å². The van der Waals surface area contributed by atoms with E-state index in [1.807, 2.05) is 0 Å². The maximum absolute atomic E-state index is 12.3. The molecule has 2 aliphatic rings. The Bertz CT molecular complexity index is 259. The Morgan fingerprint density at radius 2 is 2.00 bits per heavy atom. The van der Waals surface area contributed by atoms with Crippen molar-refractivity contribution in [3.63, 3.8) is 0 Å². The van der Waals surface area contributed by atoms with Crippen LogP contribution in [0.4, 0.5) is 0 Å². The van der Waals surface area contributed by atoms with Gasteiger partial charge in [0.25, 0.3) is 0 Å². The molecule has 0 aliphatic carbocycles. The highest BCUT2D eigenvalue weighted by atomic mass is 16.2. The van der Waals surface area contributed by atoms with Gasteiger partial charge >= 0.3 is 0 Å². The molecule has 3 nitrogen and oxygen atoms in total. The number of rotatable bonds is 2. The van der Waals surface area contributed by atoms with Crippen LogP contribution in [-0.2, 0) is 4.79 Å². The van der Waals surface area contributed by atoms with E-state index in [9.17, 15) is 4.79 Å². The molecule has 0 radical (unpaired) electrons. The predicted octanol–water partition coefficient (Wildman–Crippen LogP) is 2.02. The molecule has 2 rings (SSSR count). The van der Waals surface area contributed by atoms with Crippen molar-refractivity contribution >= 4 is 5.91 Å². The summed E-state index contributed by atoms with van der Waals surface area (Å²) in [6.45, 7) is 7.57. The molecule has 0 aromatic carbocycles. The second kappa shape index (κ2) is 5.85. The second-order valence-corrected chi connectivity index (χ2v) is 5.91. The molecule has 2 aliphatic heterocycles. The summed E-state index contributed by atoms with van der Waals surface area (Å²) in [6.07, 6.45) is 5.85. The molecule has 0 bridgehead atoms. The third kappa shape index (κ3) is 3.21. The van der Waals surface area contributed by atoms with E-state index in [0.717, 1.165) is 44.3 Å². The predicted molar refractivity (Wildman–Crippen MR) is 69.8 cm³/mol. The fourth-order valence-corrected chi connectivity index (χ4v) is 3.12. The SMILES string of the molecule is CC(C)C1CCCN(C(=O)C2CCCN2)CC1. The van der Waals surface area contributed by atoms with E-state index in [1.165, 1.54) is 19.3 Å². The van der Waals surface area contributed by atoms with Gasteiger partial charge in [-0.25, -0.2) is 0 Å². The molecule has 1 N–H and O–H groups in total. The lowest BCUT2D eigenvalue weighted by Gasteiger charge is -2.24. The van der Waals surface area contributed by atoms with E-state index in [4.69, 9.17) is 0 Å². The maximum atomic E-state index is 12.3. The molecule has 2 saturated heterocycles. The van der Waals surface area contributed by atoms with E-state index < -0.39 is 0 Å². The summed E-state index contributed by atoms with van der Waals surface area (Å²) in [4.78, 5) is 14.4. The smallest absolute Gasteiger partial charge is 0.239 e. The maximum Gasteiger partial charge on any atom is 0.239 e. The first kappa shape index (κ1) is 12.9. The summed E-state index contributed by atoms with van der Waals surface area (Å²) in [6, 6.07) is 0.116. The van der Waals surface area contributed by atoms with Crippen LogP contribution in [0.5, 0.6) is 0 Å². The minimum Gasteiger partial charge on any atom is -0.341 e. The van der Waals surface area contributed by atoms with Crippen molar-refractivity contribution < 1.29 is 4.79 Å². The molecule has 1 amide bonds. The van der Waals surface area contributed by atoms with Crippen LogP contribution in [0.3, 0.4) is 0 Å². The van der Waals surface area contributed by atoms with Crippen LogP contribution in [0.1, 0.15) is 46.0 Å². The van der Waals surface area contributed by atoms with Crippen LogP contribution < -0.4 is 5.32 Å². The molecule has 0 spiro atoms. The Kier molecular flexibility index (Phi) is 4.43. The summed E-state index contributed by atoms with van der Waals surface area (Å²) in [5, 5.41) is 3.32. The van der Waals surface area contributed by atoms with Crippen molar-refractivity contribution in [3.8, 4) is 0 Å². The van der Waals surface area contributed by atoms with E-state index in [1.54, 1.807) is 0 Å². The van der Waals surface area contributed by atoms with Crippen molar-refractivity contribution in [1.82, 2.24) is 10.2 Å². The highest BCUT2D eigenvalue weighted by Gasteiger charge is 2.28. The van der Waals surface area contributed by atoms with Crippen LogP contribution in [-0.4, -0.2) is 36.5 Å². The molecule has 2 atom stereocenters. The monoisotopic (exact) mass is 238 g/mol. The van der Waals surface area contributed by atoms with Crippen LogP contribution in [0, 0.1) is 11.8 Å². The molecule has 2 fully saturated rings. The Morgan fingerprint density at radius 1 is 1.18 bits per heavy atom. The third-order valence-corrected chi connectivity index (χ3v) is 4.39. The summed E-state index contributed by atoms with van der Waals surface area (Å²) >= 11 is 0. The van der Waals surface area contributed by atoms with Gasteiger partial charge in [-0.05, 0) is 50.5 Å². The Hall–Kier alpha value is -0.570. The zero-order chi connectivity index (χ0) is 12.3. The highest BCUT2D eigenvalue weighted by molar-refractivity contribution is 5.82. The van der Waals surface area contributed by atoms with E-state index in [2.05, 4.69) is 24.1 Å². The van der Waals surface area contributed by atoms with Gasteiger partial charge in [-0.2, -0.15) is 0 Å². The van der Waals surface area contributed by atoms with Gasteiger partial charge in [0.15, 0.2) is 0 Å². The topological polar surface area (TPSA) is 32.3 Å². The van der Waals surface area contributed by atoms with Crippen molar-refractivity contribution in [3.05, 3.63) is 0 Å². The van der Waals surface area contributed by atoms with Gasteiger partial charge in [0, 0.05) is 13.1 Å². The molecule has 0 saturated carbocycles. The van der Waals surface area contributed by atoms with Gasteiger partial charge in [-0.3, -0.25) is 4.79 Å². The lowest BCUT2D eigenvalue weighted by Crippen LogP contribution is -2.44. The van der Waals surface area contributed by atoms with Crippen LogP contribution in [0.25, 0.3) is 0 Å². The van der Waals surface area contributed by atoms with Crippen molar-refractivity contribution in [2.75, 3.05) is 19.6 Å². The zero-order valence-electron chi connectivity index (χ0n) is 11.2. The van der Waals surface area contributed by atoms with Gasteiger partial charge < -0.3 is 10.2 Å².